The van der Waals surface area contributed by atoms with Crippen molar-refractivity contribution < 1.29 is 8.42 Å². The average Bonchev–Trinajstić information content (AvgIpc) is 2.45. The highest BCUT2D eigenvalue weighted by Crippen LogP contribution is 2.12. The van der Waals surface area contributed by atoms with Crippen molar-refractivity contribution in [1.82, 2.24) is 0 Å². The van der Waals surface area contributed by atoms with E-state index in [0.717, 1.165) is 24.3 Å². The lowest BCUT2D eigenvalue weighted by Gasteiger charge is -1.96. The highest BCUT2D eigenvalue weighted by Gasteiger charge is 1.98. The molecule has 0 aliphatic carbocycles. The van der Waals surface area contributed by atoms with Crippen LogP contribution >= 0.6 is 23.5 Å². The molecule has 0 aromatic carbocycles. The molecule has 0 saturated carbocycles. The molecule has 0 atom stereocenters. The zero-order valence-corrected chi connectivity index (χ0v) is 15.9. The minimum absolute atomic E-state index is 1.00. The number of hydrogen-bond acceptors (Lipinski definition) is 4. The maximum Gasteiger partial charge on any atom is 0.194 e. The van der Waals surface area contributed by atoms with Gasteiger partial charge in [-0.15, -0.1) is 23.5 Å². The number of rotatable bonds is 14. The van der Waals surface area contributed by atoms with Crippen molar-refractivity contribution in [3.05, 3.63) is 21.6 Å². The molecule has 0 saturated heterocycles. The fourth-order valence-electron chi connectivity index (χ4n) is 1.64. The Kier molecular flexibility index (Phi) is 15.1. The zero-order chi connectivity index (χ0) is 15.8. The van der Waals surface area contributed by atoms with Crippen LogP contribution in [-0.4, -0.2) is 19.9 Å². The molecular formula is C16H30O2S3. The molecule has 0 heterocycles. The topological polar surface area (TPSA) is 34.1 Å². The summed E-state index contributed by atoms with van der Waals surface area (Å²) in [6, 6.07) is 0. The first kappa shape index (κ1) is 21.1. The van der Waals surface area contributed by atoms with Crippen LogP contribution in [0, 0.1) is 0 Å². The normalized spacial score (nSPS) is 12.7. The molecule has 0 fully saturated rings. The van der Waals surface area contributed by atoms with E-state index in [2.05, 4.69) is 13.8 Å². The fraction of sp³-hybridized carbons (Fsp3) is 0.750. The molecule has 0 bridgehead atoms. The van der Waals surface area contributed by atoms with Gasteiger partial charge < -0.3 is 0 Å². The van der Waals surface area contributed by atoms with Gasteiger partial charge in [0.25, 0.3) is 0 Å². The van der Waals surface area contributed by atoms with Crippen molar-refractivity contribution in [1.29, 1.82) is 0 Å². The van der Waals surface area contributed by atoms with Crippen LogP contribution in [0.4, 0.5) is 0 Å². The molecule has 0 amide bonds. The monoisotopic (exact) mass is 350 g/mol. The Bertz CT molecular complexity index is 343. The number of sulfone groups is 1. The minimum atomic E-state index is -3.18. The third-order valence-electron chi connectivity index (χ3n) is 2.91. The summed E-state index contributed by atoms with van der Waals surface area (Å²) in [5, 5.41) is 6.03. The lowest BCUT2D eigenvalue weighted by atomic mass is 10.2. The van der Waals surface area contributed by atoms with Crippen molar-refractivity contribution in [3.8, 4) is 0 Å². The van der Waals surface area contributed by atoms with E-state index in [-0.39, 0.29) is 0 Å². The summed E-state index contributed by atoms with van der Waals surface area (Å²) in [5.74, 6) is 2.00. The Hall–Kier alpha value is 0.130. The van der Waals surface area contributed by atoms with E-state index >= 15 is 0 Å². The van der Waals surface area contributed by atoms with Crippen molar-refractivity contribution in [3.63, 3.8) is 0 Å². The van der Waals surface area contributed by atoms with Gasteiger partial charge in [0.1, 0.15) is 0 Å². The second kappa shape index (κ2) is 15.0. The van der Waals surface area contributed by atoms with Crippen LogP contribution in [0.5, 0.6) is 0 Å². The SMILES string of the molecule is CCCCCCS/C=C/S(=O)(=O)/C=C/SCCCCCC. The number of thioether (sulfide) groups is 2. The van der Waals surface area contributed by atoms with Crippen LogP contribution in [0.3, 0.4) is 0 Å². The molecule has 0 N–H and O–H groups in total. The second-order valence-corrected chi connectivity index (χ2v) is 8.75. The van der Waals surface area contributed by atoms with E-state index in [9.17, 15) is 8.42 Å². The molecular weight excluding hydrogens is 320 g/mol. The molecule has 21 heavy (non-hydrogen) atoms. The molecule has 2 nitrogen and oxygen atoms in total. The molecule has 0 unspecified atom stereocenters. The second-order valence-electron chi connectivity index (χ2n) is 5.00. The quantitative estimate of drug-likeness (QED) is 0.361. The van der Waals surface area contributed by atoms with Gasteiger partial charge in [0.15, 0.2) is 9.84 Å². The van der Waals surface area contributed by atoms with Crippen molar-refractivity contribution in [2.24, 2.45) is 0 Å². The van der Waals surface area contributed by atoms with Crippen molar-refractivity contribution >= 4 is 33.4 Å². The van der Waals surface area contributed by atoms with Gasteiger partial charge in [0.2, 0.25) is 0 Å². The summed E-state index contributed by atoms with van der Waals surface area (Å²) in [5.41, 5.74) is 0. The van der Waals surface area contributed by atoms with Gasteiger partial charge in [0, 0.05) is 10.8 Å². The molecule has 124 valence electrons. The van der Waals surface area contributed by atoms with Crippen molar-refractivity contribution in [2.45, 2.75) is 65.2 Å². The molecule has 0 spiro atoms. The summed E-state index contributed by atoms with van der Waals surface area (Å²) >= 11 is 3.17. The van der Waals surface area contributed by atoms with Crippen LogP contribution < -0.4 is 0 Å². The lowest BCUT2D eigenvalue weighted by Crippen LogP contribution is -1.87. The van der Waals surface area contributed by atoms with Crippen LogP contribution in [0.2, 0.25) is 0 Å². The average molecular weight is 351 g/mol. The maximum absolute atomic E-state index is 11.7. The Morgan fingerprint density at radius 1 is 0.714 bits per heavy atom. The smallest absolute Gasteiger partial charge is 0.194 e. The van der Waals surface area contributed by atoms with Crippen LogP contribution in [0.15, 0.2) is 21.6 Å². The minimum Gasteiger partial charge on any atom is -0.220 e. The van der Waals surface area contributed by atoms with Crippen LogP contribution in [-0.2, 0) is 9.84 Å². The first-order valence-corrected chi connectivity index (χ1v) is 11.6. The third-order valence-corrected chi connectivity index (χ3v) is 6.00. The largest absolute Gasteiger partial charge is 0.220 e. The third kappa shape index (κ3) is 16.3. The predicted octanol–water partition coefficient (Wildman–Crippen LogP) is 5.97. The van der Waals surface area contributed by atoms with Gasteiger partial charge in [0.05, 0.1) is 0 Å². The molecule has 0 rings (SSSR count). The molecule has 0 aliphatic rings. The first-order chi connectivity index (χ1) is 10.1. The Labute approximate surface area is 140 Å². The first-order valence-electron chi connectivity index (χ1n) is 7.93. The summed E-state index contributed by atoms with van der Waals surface area (Å²) in [7, 11) is -3.18. The molecule has 0 aromatic heterocycles. The standard InChI is InChI=1S/C16H30O2S3/c1-3-5-7-9-11-19-13-15-21(17,18)16-14-20-12-10-8-6-4-2/h13-16H,3-12H2,1-2H3/b15-13+,16-14+. The predicted molar refractivity (Wildman–Crippen MR) is 100 cm³/mol. The fourth-order valence-corrected chi connectivity index (χ4v) is 4.61. The number of hydrogen-bond donors (Lipinski definition) is 0. The molecule has 0 aromatic rings. The van der Waals surface area contributed by atoms with Crippen LogP contribution in [0.1, 0.15) is 65.2 Å². The molecule has 5 heteroatoms. The van der Waals surface area contributed by atoms with Gasteiger partial charge in [-0.1, -0.05) is 52.4 Å². The van der Waals surface area contributed by atoms with E-state index in [1.165, 1.54) is 49.3 Å². The summed E-state index contributed by atoms with van der Waals surface area (Å²) in [6.07, 6.45) is 9.78. The molecule has 0 aliphatic heterocycles. The summed E-state index contributed by atoms with van der Waals surface area (Å²) in [6.45, 7) is 4.38. The highest BCUT2D eigenvalue weighted by atomic mass is 32.2. The Balaban J connectivity index is 3.71. The zero-order valence-electron chi connectivity index (χ0n) is 13.4. The van der Waals surface area contributed by atoms with Gasteiger partial charge >= 0.3 is 0 Å². The van der Waals surface area contributed by atoms with Gasteiger partial charge in [-0.2, -0.15) is 0 Å². The van der Waals surface area contributed by atoms with Gasteiger partial charge in [-0.05, 0) is 35.2 Å². The Morgan fingerprint density at radius 3 is 1.52 bits per heavy atom. The summed E-state index contributed by atoms with van der Waals surface area (Å²) < 4.78 is 23.4. The highest BCUT2D eigenvalue weighted by molar-refractivity contribution is 8.05. The maximum atomic E-state index is 11.7. The van der Waals surface area contributed by atoms with Crippen LogP contribution in [0.25, 0.3) is 0 Å². The summed E-state index contributed by atoms with van der Waals surface area (Å²) in [4.78, 5) is 0. The molecule has 0 radical (unpaired) electrons. The lowest BCUT2D eigenvalue weighted by molar-refractivity contribution is 0.612. The van der Waals surface area contributed by atoms with Crippen molar-refractivity contribution in [2.75, 3.05) is 11.5 Å². The van der Waals surface area contributed by atoms with E-state index in [1.807, 2.05) is 0 Å². The number of unbranched alkanes of at least 4 members (excludes halogenated alkanes) is 6. The van der Waals surface area contributed by atoms with E-state index < -0.39 is 9.84 Å². The van der Waals surface area contributed by atoms with E-state index in [1.54, 1.807) is 34.3 Å². The van der Waals surface area contributed by atoms with E-state index in [4.69, 9.17) is 0 Å². The van der Waals surface area contributed by atoms with Gasteiger partial charge in [-0.25, -0.2) is 8.42 Å². The Morgan fingerprint density at radius 2 is 1.14 bits per heavy atom. The van der Waals surface area contributed by atoms with E-state index in [0.29, 0.717) is 0 Å². The van der Waals surface area contributed by atoms with Gasteiger partial charge in [-0.3, -0.25) is 0 Å².